The van der Waals surface area contributed by atoms with E-state index in [1.807, 2.05) is 18.2 Å². The second kappa shape index (κ2) is 5.67. The van der Waals surface area contributed by atoms with Crippen molar-refractivity contribution in [3.63, 3.8) is 0 Å². The van der Waals surface area contributed by atoms with E-state index in [-0.39, 0.29) is 5.02 Å². The maximum atomic E-state index is 13.3. The van der Waals surface area contributed by atoms with Gasteiger partial charge in [-0.3, -0.25) is 5.10 Å². The minimum Gasteiger partial charge on any atom is -0.332 e. The number of rotatable bonds is 2. The van der Waals surface area contributed by atoms with Gasteiger partial charge < -0.3 is 10.6 Å². The largest absolute Gasteiger partial charge is 0.332 e. The zero-order valence-corrected chi connectivity index (χ0v) is 12.2. The summed E-state index contributed by atoms with van der Waals surface area (Å²) in [7, 11) is 0. The van der Waals surface area contributed by atoms with E-state index in [1.54, 1.807) is 12.3 Å². The summed E-state index contributed by atoms with van der Waals surface area (Å²) in [6, 6.07) is 10.1. The van der Waals surface area contributed by atoms with Crippen LogP contribution < -0.4 is 10.6 Å². The first-order chi connectivity index (χ1) is 10.1. The normalized spacial score (nSPS) is 10.6. The van der Waals surface area contributed by atoms with Gasteiger partial charge in [0, 0.05) is 16.8 Å². The fourth-order valence-electron chi connectivity index (χ4n) is 1.88. The number of fused-ring (bicyclic) bond motifs is 1. The Hall–Kier alpha value is -2.18. The highest BCUT2D eigenvalue weighted by atomic mass is 35.5. The summed E-state index contributed by atoms with van der Waals surface area (Å²) in [6.45, 7) is 0. The Morgan fingerprint density at radius 1 is 1.14 bits per heavy atom. The first-order valence-corrected chi connectivity index (χ1v) is 6.86. The van der Waals surface area contributed by atoms with Crippen LogP contribution in [0, 0.1) is 5.82 Å². The van der Waals surface area contributed by atoms with E-state index in [2.05, 4.69) is 20.8 Å². The van der Waals surface area contributed by atoms with Crippen molar-refractivity contribution in [1.29, 1.82) is 0 Å². The summed E-state index contributed by atoms with van der Waals surface area (Å²) in [5.41, 5.74) is 2.23. The molecule has 7 heteroatoms. The predicted molar refractivity (Wildman–Crippen MR) is 87.3 cm³/mol. The number of hydrogen-bond acceptors (Lipinski definition) is 2. The molecule has 0 saturated carbocycles. The van der Waals surface area contributed by atoms with Crippen LogP contribution in [0.15, 0.2) is 42.6 Å². The maximum Gasteiger partial charge on any atom is 0.175 e. The van der Waals surface area contributed by atoms with E-state index in [9.17, 15) is 4.39 Å². The van der Waals surface area contributed by atoms with Crippen LogP contribution >= 0.6 is 23.8 Å². The summed E-state index contributed by atoms with van der Waals surface area (Å²) in [5.74, 6) is -0.497. The molecular weight excluding hydrogens is 311 g/mol. The van der Waals surface area contributed by atoms with Crippen LogP contribution in [0.4, 0.5) is 15.8 Å². The standard InChI is InChI=1S/C14H10ClFN4S/c15-11-4-3-9(5-12(11)16)18-14(21)19-10-2-1-8-7-17-20-13(8)6-10/h1-7H,(H,17,20)(H2,18,19,21). The maximum absolute atomic E-state index is 13.3. The molecule has 0 bridgehead atoms. The lowest BCUT2D eigenvalue weighted by molar-refractivity contribution is 0.629. The van der Waals surface area contributed by atoms with Crippen LogP contribution in [0.2, 0.25) is 5.02 Å². The number of benzene rings is 2. The lowest BCUT2D eigenvalue weighted by Crippen LogP contribution is -2.19. The molecule has 0 aliphatic rings. The van der Waals surface area contributed by atoms with Crippen molar-refractivity contribution >= 4 is 51.2 Å². The molecule has 106 valence electrons. The van der Waals surface area contributed by atoms with Crippen molar-refractivity contribution < 1.29 is 4.39 Å². The van der Waals surface area contributed by atoms with Crippen molar-refractivity contribution in [2.75, 3.05) is 10.6 Å². The van der Waals surface area contributed by atoms with E-state index in [0.29, 0.717) is 10.8 Å². The predicted octanol–water partition coefficient (Wildman–Crippen LogP) is 4.16. The molecule has 0 unspecified atom stereocenters. The Bertz CT molecular complexity index is 818. The molecule has 2 aromatic carbocycles. The van der Waals surface area contributed by atoms with E-state index < -0.39 is 5.82 Å². The smallest absolute Gasteiger partial charge is 0.175 e. The van der Waals surface area contributed by atoms with Crippen LogP contribution in [-0.2, 0) is 0 Å². The van der Waals surface area contributed by atoms with E-state index in [0.717, 1.165) is 16.6 Å². The average Bonchev–Trinajstić information content (AvgIpc) is 2.90. The molecule has 0 spiro atoms. The quantitative estimate of drug-likeness (QED) is 0.620. The summed E-state index contributed by atoms with van der Waals surface area (Å²) in [5, 5.41) is 14.2. The molecule has 1 aromatic heterocycles. The van der Waals surface area contributed by atoms with Crippen LogP contribution in [0.1, 0.15) is 0 Å². The molecule has 21 heavy (non-hydrogen) atoms. The molecule has 0 aliphatic carbocycles. The second-order valence-corrected chi connectivity index (χ2v) is 5.20. The fraction of sp³-hybridized carbons (Fsp3) is 0. The number of anilines is 2. The van der Waals surface area contributed by atoms with Crippen LogP contribution in [0.25, 0.3) is 10.9 Å². The minimum absolute atomic E-state index is 0.0733. The van der Waals surface area contributed by atoms with Gasteiger partial charge in [0.1, 0.15) is 5.82 Å². The van der Waals surface area contributed by atoms with Crippen LogP contribution in [0.5, 0.6) is 0 Å². The molecule has 0 aliphatic heterocycles. The fourth-order valence-corrected chi connectivity index (χ4v) is 2.24. The third-order valence-corrected chi connectivity index (χ3v) is 3.39. The monoisotopic (exact) mass is 320 g/mol. The van der Waals surface area contributed by atoms with Crippen molar-refractivity contribution in [3.05, 3.63) is 53.4 Å². The molecule has 0 radical (unpaired) electrons. The Labute approximate surface area is 130 Å². The number of aromatic amines is 1. The summed E-state index contributed by atoms with van der Waals surface area (Å²) >= 11 is 10.8. The van der Waals surface area contributed by atoms with Crippen molar-refractivity contribution in [1.82, 2.24) is 10.2 Å². The molecule has 3 rings (SSSR count). The first-order valence-electron chi connectivity index (χ1n) is 6.08. The Balaban J connectivity index is 1.71. The summed E-state index contributed by atoms with van der Waals surface area (Å²) < 4.78 is 13.3. The molecule has 3 aromatic rings. The minimum atomic E-state index is -0.497. The van der Waals surface area contributed by atoms with Gasteiger partial charge in [-0.2, -0.15) is 5.10 Å². The highest BCUT2D eigenvalue weighted by molar-refractivity contribution is 7.80. The number of hydrogen-bond donors (Lipinski definition) is 3. The van der Waals surface area contributed by atoms with E-state index in [1.165, 1.54) is 12.1 Å². The third kappa shape index (κ3) is 3.12. The molecule has 4 nitrogen and oxygen atoms in total. The zero-order chi connectivity index (χ0) is 14.8. The summed E-state index contributed by atoms with van der Waals surface area (Å²) in [4.78, 5) is 0. The highest BCUT2D eigenvalue weighted by Gasteiger charge is 2.04. The van der Waals surface area contributed by atoms with Crippen LogP contribution in [-0.4, -0.2) is 15.3 Å². The number of nitrogens with zero attached hydrogens (tertiary/aromatic N) is 1. The van der Waals surface area contributed by atoms with Gasteiger partial charge in [0.2, 0.25) is 0 Å². The number of thiocarbonyl (C=S) groups is 1. The Morgan fingerprint density at radius 2 is 1.86 bits per heavy atom. The molecular formula is C14H10ClFN4S. The number of H-pyrrole nitrogens is 1. The second-order valence-electron chi connectivity index (χ2n) is 4.38. The number of aromatic nitrogens is 2. The lowest BCUT2D eigenvalue weighted by Gasteiger charge is -2.11. The molecule has 1 heterocycles. The van der Waals surface area contributed by atoms with E-state index in [4.69, 9.17) is 23.8 Å². The third-order valence-electron chi connectivity index (χ3n) is 2.88. The molecule has 3 N–H and O–H groups in total. The number of halogens is 2. The van der Waals surface area contributed by atoms with Crippen molar-refractivity contribution in [3.8, 4) is 0 Å². The van der Waals surface area contributed by atoms with Crippen LogP contribution in [0.3, 0.4) is 0 Å². The van der Waals surface area contributed by atoms with Gasteiger partial charge >= 0.3 is 0 Å². The van der Waals surface area contributed by atoms with Gasteiger partial charge in [-0.05, 0) is 48.6 Å². The highest BCUT2D eigenvalue weighted by Crippen LogP contribution is 2.20. The Morgan fingerprint density at radius 3 is 2.62 bits per heavy atom. The molecule has 0 fully saturated rings. The molecule has 0 atom stereocenters. The van der Waals surface area contributed by atoms with Gasteiger partial charge in [-0.25, -0.2) is 4.39 Å². The Kier molecular flexibility index (Phi) is 3.72. The van der Waals surface area contributed by atoms with Crippen molar-refractivity contribution in [2.45, 2.75) is 0 Å². The van der Waals surface area contributed by atoms with Crippen molar-refractivity contribution in [2.24, 2.45) is 0 Å². The molecule has 0 amide bonds. The first kappa shape index (κ1) is 13.8. The van der Waals surface area contributed by atoms with Gasteiger partial charge in [-0.1, -0.05) is 11.6 Å². The average molecular weight is 321 g/mol. The van der Waals surface area contributed by atoms with Gasteiger partial charge in [0.05, 0.1) is 16.7 Å². The summed E-state index contributed by atoms with van der Waals surface area (Å²) in [6.07, 6.45) is 1.74. The number of nitrogens with one attached hydrogen (secondary N) is 3. The zero-order valence-electron chi connectivity index (χ0n) is 10.7. The molecule has 0 saturated heterocycles. The topological polar surface area (TPSA) is 52.7 Å². The van der Waals surface area contributed by atoms with Gasteiger partial charge in [0.15, 0.2) is 5.11 Å². The van der Waals surface area contributed by atoms with Gasteiger partial charge in [0.25, 0.3) is 0 Å². The SMILES string of the molecule is Fc1cc(NC(=S)Nc2ccc3cn[nH]c3c2)ccc1Cl. The lowest BCUT2D eigenvalue weighted by atomic mass is 10.2. The van der Waals surface area contributed by atoms with E-state index >= 15 is 0 Å². The van der Waals surface area contributed by atoms with Gasteiger partial charge in [-0.15, -0.1) is 0 Å².